The molecule has 156 valence electrons. The van der Waals surface area contributed by atoms with E-state index in [4.69, 9.17) is 4.74 Å². The van der Waals surface area contributed by atoms with Crippen LogP contribution in [0.4, 0.5) is 5.00 Å². The number of aliphatic carboxylic acids is 1. The molecule has 1 aromatic heterocycles. The highest BCUT2D eigenvalue weighted by atomic mass is 32.1. The normalized spacial score (nSPS) is 27.1. The van der Waals surface area contributed by atoms with Crippen LogP contribution in [0.3, 0.4) is 0 Å². The Balaban J connectivity index is 1.66. The zero-order chi connectivity index (χ0) is 20.9. The Bertz CT molecular complexity index is 911. The summed E-state index contributed by atoms with van der Waals surface area (Å²) in [6, 6.07) is 0. The molecule has 0 unspecified atom stereocenters. The van der Waals surface area contributed by atoms with Crippen molar-refractivity contribution in [1.29, 1.82) is 0 Å². The molecule has 3 aliphatic carbocycles. The van der Waals surface area contributed by atoms with Crippen molar-refractivity contribution < 1.29 is 24.2 Å². The van der Waals surface area contributed by atoms with Crippen molar-refractivity contribution in [3.63, 3.8) is 0 Å². The molecule has 6 nitrogen and oxygen atoms in total. The second kappa shape index (κ2) is 7.59. The average molecular weight is 418 g/mol. The number of thiophene rings is 1. The SMILES string of the molecule is CCOC(=O)c1c(NC(=O)[C@@H]2[C@@H](C(=O)O)[C@@H]3CC[C@@H]2C3=C(C)C)sc2c1CCC2. The second-order valence-corrected chi connectivity index (χ2v) is 9.51. The lowest BCUT2D eigenvalue weighted by Crippen LogP contribution is -2.38. The maximum absolute atomic E-state index is 13.3. The molecule has 2 fully saturated rings. The third-order valence-corrected chi connectivity index (χ3v) is 7.85. The molecule has 4 rings (SSSR count). The molecule has 1 amide bonds. The first kappa shape index (κ1) is 20.1. The van der Waals surface area contributed by atoms with Gasteiger partial charge in [0, 0.05) is 4.88 Å². The van der Waals surface area contributed by atoms with Crippen LogP contribution in [0, 0.1) is 23.7 Å². The van der Waals surface area contributed by atoms with Crippen molar-refractivity contribution in [2.45, 2.75) is 52.9 Å². The first-order chi connectivity index (χ1) is 13.8. The van der Waals surface area contributed by atoms with Crippen molar-refractivity contribution in [1.82, 2.24) is 0 Å². The predicted molar refractivity (Wildman–Crippen MR) is 110 cm³/mol. The van der Waals surface area contributed by atoms with Gasteiger partial charge < -0.3 is 15.2 Å². The number of rotatable bonds is 5. The number of anilines is 1. The average Bonchev–Trinajstić information content (AvgIpc) is 3.39. The van der Waals surface area contributed by atoms with Gasteiger partial charge in [0.2, 0.25) is 5.91 Å². The number of amides is 1. The molecule has 0 spiro atoms. The molecule has 2 N–H and O–H groups in total. The zero-order valence-corrected chi connectivity index (χ0v) is 17.9. The van der Waals surface area contributed by atoms with Crippen LogP contribution in [0.5, 0.6) is 0 Å². The first-order valence-corrected chi connectivity index (χ1v) is 11.2. The number of fused-ring (bicyclic) bond motifs is 3. The molecular weight excluding hydrogens is 390 g/mol. The summed E-state index contributed by atoms with van der Waals surface area (Å²) in [5.41, 5.74) is 3.73. The van der Waals surface area contributed by atoms with Crippen LogP contribution in [-0.4, -0.2) is 29.6 Å². The van der Waals surface area contributed by atoms with Crippen LogP contribution in [0.15, 0.2) is 11.1 Å². The van der Waals surface area contributed by atoms with Crippen LogP contribution in [0.1, 0.15) is 60.8 Å². The summed E-state index contributed by atoms with van der Waals surface area (Å²) in [5.74, 6) is -2.97. The van der Waals surface area contributed by atoms with Gasteiger partial charge in [0.25, 0.3) is 0 Å². The number of esters is 1. The second-order valence-electron chi connectivity index (χ2n) is 8.41. The number of aryl methyl sites for hydroxylation is 1. The first-order valence-electron chi connectivity index (χ1n) is 10.4. The molecule has 1 aromatic rings. The number of nitrogens with one attached hydrogen (secondary N) is 1. The summed E-state index contributed by atoms with van der Waals surface area (Å²) in [5, 5.41) is 13.3. The number of carboxylic acid groups (broad SMARTS) is 1. The quantitative estimate of drug-likeness (QED) is 0.557. The van der Waals surface area contributed by atoms with Crippen molar-refractivity contribution in [3.8, 4) is 0 Å². The van der Waals surface area contributed by atoms with Gasteiger partial charge in [-0.1, -0.05) is 11.1 Å². The van der Waals surface area contributed by atoms with Crippen molar-refractivity contribution in [2.24, 2.45) is 23.7 Å². The van der Waals surface area contributed by atoms with Crippen LogP contribution in [0.2, 0.25) is 0 Å². The topological polar surface area (TPSA) is 92.7 Å². The molecule has 7 heteroatoms. The standard InChI is InChI=1S/C22H27NO5S/c1-4-28-22(27)18-11-6-5-7-14(11)29-20(18)23-19(24)16-12-8-9-13(15(12)10(2)3)17(16)21(25)26/h12-13,16-17H,4-9H2,1-3H3,(H,23,24)(H,25,26)/t12-,13-,16+,17+/m1/s1. The Kier molecular flexibility index (Phi) is 5.27. The fraction of sp³-hybridized carbons (Fsp3) is 0.591. The van der Waals surface area contributed by atoms with E-state index < -0.39 is 23.8 Å². The molecule has 2 saturated carbocycles. The predicted octanol–water partition coefficient (Wildman–Crippen LogP) is 4.05. The van der Waals surface area contributed by atoms with E-state index in [1.807, 2.05) is 13.8 Å². The van der Waals surface area contributed by atoms with E-state index in [9.17, 15) is 19.5 Å². The number of carbonyl (C=O) groups excluding carboxylic acids is 2. The van der Waals surface area contributed by atoms with Crippen LogP contribution in [0.25, 0.3) is 0 Å². The van der Waals surface area contributed by atoms with Gasteiger partial charge >= 0.3 is 11.9 Å². The van der Waals surface area contributed by atoms with E-state index in [-0.39, 0.29) is 24.3 Å². The summed E-state index contributed by atoms with van der Waals surface area (Å²) in [7, 11) is 0. The van der Waals surface area contributed by atoms with Gasteiger partial charge in [-0.05, 0) is 70.3 Å². The van der Waals surface area contributed by atoms with E-state index in [1.54, 1.807) is 6.92 Å². The summed E-state index contributed by atoms with van der Waals surface area (Å²) < 4.78 is 5.23. The molecule has 0 radical (unpaired) electrons. The van der Waals surface area contributed by atoms with Gasteiger partial charge in [-0.25, -0.2) is 4.79 Å². The highest BCUT2D eigenvalue weighted by Gasteiger charge is 2.57. The van der Waals surface area contributed by atoms with E-state index in [1.165, 1.54) is 11.3 Å². The van der Waals surface area contributed by atoms with Gasteiger partial charge in [-0.2, -0.15) is 0 Å². The Labute approximate surface area is 174 Å². The lowest BCUT2D eigenvalue weighted by molar-refractivity contribution is -0.148. The highest BCUT2D eigenvalue weighted by Crippen LogP contribution is 2.57. The number of allylic oxidation sites excluding steroid dienone is 2. The third-order valence-electron chi connectivity index (χ3n) is 6.64. The van der Waals surface area contributed by atoms with E-state index in [0.717, 1.165) is 53.7 Å². The number of carbonyl (C=O) groups is 3. The fourth-order valence-corrected chi connectivity index (χ4v) is 6.99. The van der Waals surface area contributed by atoms with Crippen molar-refractivity contribution in [2.75, 3.05) is 11.9 Å². The van der Waals surface area contributed by atoms with Gasteiger partial charge in [-0.15, -0.1) is 11.3 Å². The Hall–Kier alpha value is -2.15. The molecule has 0 aliphatic heterocycles. The maximum atomic E-state index is 13.3. The lowest BCUT2D eigenvalue weighted by atomic mass is 9.79. The number of hydrogen-bond donors (Lipinski definition) is 2. The van der Waals surface area contributed by atoms with Crippen LogP contribution < -0.4 is 5.32 Å². The molecule has 0 aromatic carbocycles. The van der Waals surface area contributed by atoms with Crippen LogP contribution >= 0.6 is 11.3 Å². The third kappa shape index (κ3) is 3.19. The maximum Gasteiger partial charge on any atom is 0.341 e. The van der Waals surface area contributed by atoms with Gasteiger partial charge in [0.05, 0.1) is 24.0 Å². The Morgan fingerprint density at radius 2 is 1.83 bits per heavy atom. The molecular formula is C22H27NO5S. The Morgan fingerprint density at radius 1 is 1.14 bits per heavy atom. The zero-order valence-electron chi connectivity index (χ0n) is 17.0. The summed E-state index contributed by atoms with van der Waals surface area (Å²) in [6.45, 7) is 6.04. The Morgan fingerprint density at radius 3 is 2.45 bits per heavy atom. The summed E-state index contributed by atoms with van der Waals surface area (Å²) >= 11 is 1.43. The number of carboxylic acids is 1. The monoisotopic (exact) mass is 417 g/mol. The van der Waals surface area contributed by atoms with Gasteiger partial charge in [0.1, 0.15) is 5.00 Å². The largest absolute Gasteiger partial charge is 0.481 e. The molecule has 2 bridgehead atoms. The minimum absolute atomic E-state index is 0.0241. The fourth-order valence-electron chi connectivity index (χ4n) is 5.71. The van der Waals surface area contributed by atoms with Gasteiger partial charge in [-0.3, -0.25) is 9.59 Å². The van der Waals surface area contributed by atoms with E-state index in [2.05, 4.69) is 5.32 Å². The highest BCUT2D eigenvalue weighted by molar-refractivity contribution is 7.17. The van der Waals surface area contributed by atoms with E-state index >= 15 is 0 Å². The summed E-state index contributed by atoms with van der Waals surface area (Å²) in [6.07, 6.45) is 4.38. The van der Waals surface area contributed by atoms with Crippen molar-refractivity contribution >= 4 is 34.2 Å². The molecule has 0 saturated heterocycles. The van der Waals surface area contributed by atoms with Gasteiger partial charge in [0.15, 0.2) is 0 Å². The molecule has 29 heavy (non-hydrogen) atoms. The van der Waals surface area contributed by atoms with Crippen LogP contribution in [-0.2, 0) is 27.2 Å². The molecule has 4 atom stereocenters. The molecule has 3 aliphatic rings. The summed E-state index contributed by atoms with van der Waals surface area (Å²) in [4.78, 5) is 39.0. The lowest BCUT2D eigenvalue weighted by Gasteiger charge is -2.26. The smallest absolute Gasteiger partial charge is 0.341 e. The number of ether oxygens (including phenoxy) is 1. The number of hydrogen-bond acceptors (Lipinski definition) is 5. The molecule has 1 heterocycles. The van der Waals surface area contributed by atoms with E-state index in [0.29, 0.717) is 10.6 Å². The minimum Gasteiger partial charge on any atom is -0.481 e. The van der Waals surface area contributed by atoms with Crippen molar-refractivity contribution in [3.05, 3.63) is 27.2 Å². The minimum atomic E-state index is -0.907.